The number of unbranched alkanes of at least 4 members (excludes halogenated alkanes) is 2. The number of benzene rings is 6. The lowest BCUT2D eigenvalue weighted by Gasteiger charge is -2.27. The Morgan fingerprint density at radius 3 is 1.81 bits per heavy atom. The van der Waals surface area contributed by atoms with Crippen LogP contribution in [0.15, 0.2) is 141 Å². The van der Waals surface area contributed by atoms with E-state index >= 15 is 0 Å². The van der Waals surface area contributed by atoms with Gasteiger partial charge in [0, 0.05) is 69.4 Å². The van der Waals surface area contributed by atoms with Gasteiger partial charge in [0.15, 0.2) is 5.71 Å². The lowest BCUT2D eigenvalue weighted by Crippen LogP contribution is -2.31. The van der Waals surface area contributed by atoms with Crippen LogP contribution in [0.4, 0.5) is 17.1 Å². The topological polar surface area (TPSA) is 244 Å². The zero-order chi connectivity index (χ0) is 52.8. The molecule has 4 N–H and O–H groups in total. The number of nitrogens with zero attached hydrogens (tertiary/aromatic N) is 3. The van der Waals surface area contributed by atoms with Gasteiger partial charge in [0.1, 0.15) is 16.8 Å². The number of amides is 1. The third kappa shape index (κ3) is 9.29. The molecule has 378 valence electrons. The van der Waals surface area contributed by atoms with E-state index in [1.54, 1.807) is 30.2 Å². The zero-order valence-corrected chi connectivity index (χ0v) is 43.4. The smallest absolute Gasteiger partial charge is 0.295 e. The Balaban J connectivity index is 1.07. The van der Waals surface area contributed by atoms with Crippen LogP contribution < -0.4 is 9.80 Å². The molecule has 3 heterocycles. The molecule has 9 rings (SSSR count). The molecule has 6 aromatic carbocycles. The second-order valence-electron chi connectivity index (χ2n) is 19.3. The van der Waals surface area contributed by atoms with Gasteiger partial charge in [-0.3, -0.25) is 23.0 Å². The summed E-state index contributed by atoms with van der Waals surface area (Å²) in [6.07, 6.45) is 7.44. The first-order valence-electron chi connectivity index (χ1n) is 23.0. The third-order valence-electron chi connectivity index (χ3n) is 14.0. The zero-order valence-electron chi connectivity index (χ0n) is 40.2. The summed E-state index contributed by atoms with van der Waals surface area (Å²) in [4.78, 5) is 15.0. The van der Waals surface area contributed by atoms with Crippen LogP contribution in [-0.2, 0) is 62.6 Å². The molecule has 0 aromatic heterocycles. The summed E-state index contributed by atoms with van der Waals surface area (Å²) in [5.41, 5.74) is 4.94. The Morgan fingerprint density at radius 2 is 1.19 bits per heavy atom. The van der Waals surface area contributed by atoms with Gasteiger partial charge in [-0.1, -0.05) is 74.6 Å². The van der Waals surface area contributed by atoms with Gasteiger partial charge in [-0.25, -0.2) is 0 Å². The number of fused-ring (bicyclic) bond motifs is 8. The Morgan fingerprint density at radius 1 is 0.630 bits per heavy atom. The molecule has 0 radical (unpaired) electrons. The number of hydrogen-bond donors (Lipinski definition) is 4. The lowest BCUT2D eigenvalue weighted by molar-refractivity contribution is -0.401. The quantitative estimate of drug-likeness (QED) is 0.0388. The first-order valence-corrected chi connectivity index (χ1v) is 28.8. The molecule has 0 unspecified atom stereocenters. The molecule has 0 spiro atoms. The van der Waals surface area contributed by atoms with Crippen LogP contribution in [0.1, 0.15) is 81.2 Å². The second-order valence-corrected chi connectivity index (χ2v) is 24.9. The number of carbonyl (C=O) groups excluding carboxylic acids is 1. The van der Waals surface area contributed by atoms with Crippen LogP contribution in [0.25, 0.3) is 21.5 Å². The van der Waals surface area contributed by atoms with E-state index in [1.165, 1.54) is 24.3 Å². The van der Waals surface area contributed by atoms with Crippen molar-refractivity contribution in [2.24, 2.45) is 0 Å². The van der Waals surface area contributed by atoms with Crippen LogP contribution in [0.2, 0.25) is 0 Å². The maximum atomic E-state index is 14.1. The Kier molecular flexibility index (Phi) is 12.8. The predicted octanol–water partition coefficient (Wildman–Crippen LogP) is 8.73. The SMILES string of the molecule is C[N+]1=C(/C=C/C=C2/N(CCCCCC(=O)N3Cc4ccccc4C#Cc4ccccc43)c3ccc4c(S(=O)(=O)O)cc(S(=O)(=O)O)cc4c3C2(C)C)C(C)(C)c2c1ccc1c(S(=O)(=O)O)cc(S(=O)(=O)O)cc21. The maximum Gasteiger partial charge on any atom is 0.295 e. The molecule has 0 bridgehead atoms. The molecule has 1 amide bonds. The number of hydrogen-bond acceptors (Lipinski definition) is 10. The van der Waals surface area contributed by atoms with Crippen molar-refractivity contribution in [3.63, 3.8) is 0 Å². The fourth-order valence-corrected chi connectivity index (χ4v) is 13.4. The van der Waals surface area contributed by atoms with Crippen LogP contribution in [0, 0.1) is 11.8 Å². The van der Waals surface area contributed by atoms with E-state index in [0.29, 0.717) is 78.4 Å². The average Bonchev–Trinajstić information content (AvgIpc) is 3.64. The van der Waals surface area contributed by atoms with Crippen molar-refractivity contribution in [2.45, 2.75) is 90.3 Å². The van der Waals surface area contributed by atoms with Crippen molar-refractivity contribution >= 4 is 90.7 Å². The summed E-state index contributed by atoms with van der Waals surface area (Å²) in [5, 5.41) is 0.402. The summed E-state index contributed by atoms with van der Waals surface area (Å²) in [6.45, 7) is 8.20. The van der Waals surface area contributed by atoms with Gasteiger partial charge in [0.2, 0.25) is 11.6 Å². The number of carbonyl (C=O) groups is 1. The van der Waals surface area contributed by atoms with E-state index in [2.05, 4.69) is 11.8 Å². The van der Waals surface area contributed by atoms with Gasteiger partial charge in [-0.2, -0.15) is 38.2 Å². The van der Waals surface area contributed by atoms with E-state index in [9.17, 15) is 56.7 Å². The van der Waals surface area contributed by atoms with Crippen molar-refractivity contribution in [1.29, 1.82) is 0 Å². The van der Waals surface area contributed by atoms with Gasteiger partial charge >= 0.3 is 0 Å². The first-order chi connectivity index (χ1) is 34.1. The van der Waals surface area contributed by atoms with E-state index in [1.807, 2.05) is 97.9 Å². The van der Waals surface area contributed by atoms with Gasteiger partial charge in [0.05, 0.1) is 27.4 Å². The molecule has 0 aliphatic carbocycles. The molecular weight excluding hydrogens is 1010 g/mol. The van der Waals surface area contributed by atoms with Gasteiger partial charge < -0.3 is 9.80 Å². The van der Waals surface area contributed by atoms with Gasteiger partial charge in [0.25, 0.3) is 40.5 Å². The van der Waals surface area contributed by atoms with Crippen molar-refractivity contribution in [1.82, 2.24) is 0 Å². The Hall–Kier alpha value is -6.54. The summed E-state index contributed by atoms with van der Waals surface area (Å²) >= 11 is 0. The van der Waals surface area contributed by atoms with Crippen LogP contribution >= 0.6 is 0 Å². The van der Waals surface area contributed by atoms with Crippen molar-refractivity contribution in [3.8, 4) is 11.8 Å². The van der Waals surface area contributed by atoms with Crippen LogP contribution in [0.3, 0.4) is 0 Å². The highest BCUT2D eigenvalue weighted by molar-refractivity contribution is 7.87. The van der Waals surface area contributed by atoms with Gasteiger partial charge in [-0.05, 0) is 109 Å². The van der Waals surface area contributed by atoms with E-state index in [4.69, 9.17) is 0 Å². The standard InChI is InChI=1S/C53H49N3O13S4/c1-52(2)47(54(5)43-25-23-38-40(50(43)52)28-36(70(58,59)60)30-45(38)72(64,65)66)18-13-19-48-53(3,4)51-41-29-37(71(61,62)63)31-46(73(67,68)69)39(41)24-26-44(51)55(48)27-12-6-7-20-49(57)56-32-35-16-9-8-14-33(35)21-22-34-15-10-11-17-42(34)56/h8-11,13-19,23-26,28-31H,6-7,12,20,27,32H2,1-5H3,(H3-,58,59,60,61,62,63,64,65,66,67,68,69)/p+1. The highest BCUT2D eigenvalue weighted by Crippen LogP contribution is 2.52. The number of allylic oxidation sites excluding steroid dienone is 4. The predicted molar refractivity (Wildman–Crippen MR) is 277 cm³/mol. The highest BCUT2D eigenvalue weighted by atomic mass is 32.2. The molecule has 0 saturated carbocycles. The van der Waals surface area contributed by atoms with E-state index in [0.717, 1.165) is 22.4 Å². The van der Waals surface area contributed by atoms with E-state index < -0.39 is 70.9 Å². The van der Waals surface area contributed by atoms with Crippen molar-refractivity contribution < 1.29 is 61.3 Å². The van der Waals surface area contributed by atoms with Gasteiger partial charge in [-0.15, -0.1) is 0 Å². The molecule has 6 aromatic rings. The monoisotopic (exact) mass is 1060 g/mol. The van der Waals surface area contributed by atoms with Crippen LogP contribution in [0.5, 0.6) is 0 Å². The first kappa shape index (κ1) is 51.4. The third-order valence-corrected chi connectivity index (χ3v) is 17.5. The fourth-order valence-electron chi connectivity index (χ4n) is 10.7. The number of rotatable bonds is 12. The van der Waals surface area contributed by atoms with Crippen LogP contribution in [-0.4, -0.2) is 81.7 Å². The van der Waals surface area contributed by atoms with Crippen molar-refractivity contribution in [2.75, 3.05) is 23.4 Å². The Bertz CT molecular complexity index is 4040. The molecule has 0 atom stereocenters. The van der Waals surface area contributed by atoms with Crippen molar-refractivity contribution in [3.05, 3.63) is 149 Å². The Labute approximate surface area is 424 Å². The normalized spacial score (nSPS) is 16.8. The lowest BCUT2D eigenvalue weighted by atomic mass is 9.79. The number of anilines is 2. The molecule has 73 heavy (non-hydrogen) atoms. The highest BCUT2D eigenvalue weighted by Gasteiger charge is 2.46. The summed E-state index contributed by atoms with van der Waals surface area (Å²) in [5.74, 6) is 6.40. The molecule has 20 heteroatoms. The largest absolute Gasteiger partial charge is 0.344 e. The molecule has 0 fully saturated rings. The summed E-state index contributed by atoms with van der Waals surface area (Å²) in [6, 6.07) is 25.3. The summed E-state index contributed by atoms with van der Waals surface area (Å²) in [7, 11) is -18.1. The summed E-state index contributed by atoms with van der Waals surface area (Å²) < 4.78 is 143. The molecule has 16 nitrogen and oxygen atoms in total. The maximum absolute atomic E-state index is 14.1. The molecule has 3 aliphatic rings. The number of para-hydroxylation sites is 1. The molecule has 0 saturated heterocycles. The minimum atomic E-state index is -5.01. The average molecular weight is 1070 g/mol. The molecule has 3 aliphatic heterocycles. The fraction of sp³-hybridized carbons (Fsp3) is 0.245. The minimum absolute atomic E-state index is 0.0283. The molecular formula is C53H50N3O13S4+. The van der Waals surface area contributed by atoms with E-state index in [-0.39, 0.29) is 33.9 Å². The minimum Gasteiger partial charge on any atom is -0.344 e. The second kappa shape index (κ2) is 18.1.